The molecule has 0 N–H and O–H groups in total. The quantitative estimate of drug-likeness (QED) is 0.442. The fourth-order valence-electron chi connectivity index (χ4n) is 2.08. The normalized spacial score (nSPS) is 18.8. The minimum atomic E-state index is -0.657. The van der Waals surface area contributed by atoms with Gasteiger partial charge in [-0.05, 0) is 37.8 Å². The van der Waals surface area contributed by atoms with Gasteiger partial charge in [0, 0.05) is 0 Å². The predicted octanol–water partition coefficient (Wildman–Crippen LogP) is 3.77. The van der Waals surface area contributed by atoms with Crippen molar-refractivity contribution in [2.45, 2.75) is 37.8 Å². The van der Waals surface area contributed by atoms with Crippen molar-refractivity contribution in [1.82, 2.24) is 0 Å². The molecule has 0 saturated heterocycles. The number of rotatable bonds is 3. The van der Waals surface area contributed by atoms with E-state index < -0.39 is 5.66 Å². The molecule has 4 nitrogen and oxygen atoms in total. The van der Waals surface area contributed by atoms with E-state index >= 15 is 0 Å². The average molecular weight is 229 g/mol. The van der Waals surface area contributed by atoms with Gasteiger partial charge in [-0.15, -0.1) is 0 Å². The molecule has 1 aliphatic rings. The summed E-state index contributed by atoms with van der Waals surface area (Å²) in [6, 6.07) is 9.50. The zero-order chi connectivity index (χ0) is 12.0. The van der Waals surface area contributed by atoms with Gasteiger partial charge < -0.3 is 0 Å². The maximum Gasteiger partial charge on any atom is 0.237 e. The first-order chi connectivity index (χ1) is 8.35. The monoisotopic (exact) mass is 229 g/mol. The molecular weight excluding hydrogens is 214 g/mol. The minimum Gasteiger partial charge on any atom is -0.211 e. The van der Waals surface area contributed by atoms with E-state index in [0.29, 0.717) is 0 Å². The third kappa shape index (κ3) is 3.08. The van der Waals surface area contributed by atoms with E-state index in [1.54, 1.807) is 6.08 Å². The van der Waals surface area contributed by atoms with Crippen LogP contribution in [-0.2, 0) is 4.79 Å². The molecule has 4 heteroatoms. The summed E-state index contributed by atoms with van der Waals surface area (Å²) in [6.45, 7) is 0. The van der Waals surface area contributed by atoms with Crippen molar-refractivity contribution in [3.8, 4) is 0 Å². The first-order valence-corrected chi connectivity index (χ1v) is 5.92. The maximum atomic E-state index is 10.5. The van der Waals surface area contributed by atoms with E-state index in [-0.39, 0.29) is 0 Å². The second-order valence-electron chi connectivity index (χ2n) is 4.28. The highest BCUT2D eigenvalue weighted by Crippen LogP contribution is 2.33. The standard InChI is InChI=1S/C13H15N3O/c17-11-14-13(9-5-2-6-10-13)16-15-12-7-3-1-4-8-12/h1,3-4,7-8H,2,5-6,9-10H2. The Morgan fingerprint density at radius 1 is 1.06 bits per heavy atom. The molecule has 1 aromatic carbocycles. The summed E-state index contributed by atoms with van der Waals surface area (Å²) in [5, 5.41) is 8.44. The number of azo groups is 1. The van der Waals surface area contributed by atoms with Crippen LogP contribution in [0.1, 0.15) is 32.1 Å². The Kier molecular flexibility index (Phi) is 3.78. The van der Waals surface area contributed by atoms with E-state index in [4.69, 9.17) is 0 Å². The Balaban J connectivity index is 2.18. The van der Waals surface area contributed by atoms with Gasteiger partial charge in [-0.1, -0.05) is 24.6 Å². The van der Waals surface area contributed by atoms with Crippen LogP contribution in [-0.4, -0.2) is 11.7 Å². The third-order valence-electron chi connectivity index (χ3n) is 3.02. The van der Waals surface area contributed by atoms with Crippen LogP contribution in [0.25, 0.3) is 0 Å². The lowest BCUT2D eigenvalue weighted by atomic mass is 9.90. The van der Waals surface area contributed by atoms with Crippen LogP contribution in [0.15, 0.2) is 45.6 Å². The molecule has 0 aromatic heterocycles. The van der Waals surface area contributed by atoms with Crippen LogP contribution in [0.5, 0.6) is 0 Å². The zero-order valence-corrected chi connectivity index (χ0v) is 9.67. The number of hydrogen-bond acceptors (Lipinski definition) is 4. The molecule has 0 aliphatic heterocycles. The Labute approximate surface area is 100 Å². The molecule has 1 saturated carbocycles. The van der Waals surface area contributed by atoms with Crippen molar-refractivity contribution in [3.63, 3.8) is 0 Å². The lowest BCUT2D eigenvalue weighted by Gasteiger charge is -2.26. The van der Waals surface area contributed by atoms with Crippen molar-refractivity contribution in [1.29, 1.82) is 0 Å². The van der Waals surface area contributed by atoms with Gasteiger partial charge in [-0.3, -0.25) is 0 Å². The fourth-order valence-corrected chi connectivity index (χ4v) is 2.08. The van der Waals surface area contributed by atoms with Crippen LogP contribution < -0.4 is 0 Å². The number of aliphatic imine (C=N–C) groups is 1. The van der Waals surface area contributed by atoms with Gasteiger partial charge in [0.1, 0.15) is 0 Å². The molecule has 0 radical (unpaired) electrons. The summed E-state index contributed by atoms with van der Waals surface area (Å²) in [5.74, 6) is 0. The second-order valence-corrected chi connectivity index (χ2v) is 4.28. The van der Waals surface area contributed by atoms with Gasteiger partial charge >= 0.3 is 0 Å². The average Bonchev–Trinajstić information content (AvgIpc) is 2.39. The van der Waals surface area contributed by atoms with Crippen molar-refractivity contribution < 1.29 is 4.79 Å². The van der Waals surface area contributed by atoms with Gasteiger partial charge in [0.2, 0.25) is 6.08 Å². The Morgan fingerprint density at radius 3 is 2.41 bits per heavy atom. The molecule has 0 bridgehead atoms. The summed E-state index contributed by atoms with van der Waals surface area (Å²) in [6.07, 6.45) is 6.48. The zero-order valence-electron chi connectivity index (χ0n) is 9.67. The Bertz CT molecular complexity index is 429. The number of isocyanates is 1. The lowest BCUT2D eigenvalue weighted by molar-refractivity contribution is 0.298. The first-order valence-electron chi connectivity index (χ1n) is 5.92. The molecule has 2 rings (SSSR count). The summed E-state index contributed by atoms with van der Waals surface area (Å²) in [4.78, 5) is 14.4. The first kappa shape index (κ1) is 11.7. The van der Waals surface area contributed by atoms with Crippen LogP contribution >= 0.6 is 0 Å². The van der Waals surface area contributed by atoms with Crippen molar-refractivity contribution >= 4 is 11.8 Å². The molecule has 1 aliphatic carbocycles. The Hall–Kier alpha value is -1.80. The van der Waals surface area contributed by atoms with E-state index in [1.807, 2.05) is 30.3 Å². The smallest absolute Gasteiger partial charge is 0.211 e. The highest BCUT2D eigenvalue weighted by atomic mass is 16.1. The molecule has 0 unspecified atom stereocenters. The van der Waals surface area contributed by atoms with E-state index in [9.17, 15) is 4.79 Å². The molecule has 0 atom stereocenters. The third-order valence-corrected chi connectivity index (χ3v) is 3.02. The molecular formula is C13H15N3O. The topological polar surface area (TPSA) is 54.1 Å². The molecule has 17 heavy (non-hydrogen) atoms. The van der Waals surface area contributed by atoms with Crippen molar-refractivity contribution in [2.24, 2.45) is 15.2 Å². The Morgan fingerprint density at radius 2 is 1.76 bits per heavy atom. The van der Waals surface area contributed by atoms with Gasteiger partial charge in [-0.25, -0.2) is 4.79 Å². The van der Waals surface area contributed by atoms with Crippen LogP contribution in [0.3, 0.4) is 0 Å². The highest BCUT2D eigenvalue weighted by molar-refractivity contribution is 5.36. The minimum absolute atomic E-state index is 0.657. The molecule has 1 aromatic rings. The fraction of sp³-hybridized carbons (Fsp3) is 0.462. The molecule has 1 fully saturated rings. The van der Waals surface area contributed by atoms with Crippen LogP contribution in [0.4, 0.5) is 5.69 Å². The summed E-state index contributed by atoms with van der Waals surface area (Å²) in [7, 11) is 0. The molecule has 88 valence electrons. The van der Waals surface area contributed by atoms with Crippen LogP contribution in [0.2, 0.25) is 0 Å². The summed E-state index contributed by atoms with van der Waals surface area (Å²) in [5.41, 5.74) is 0.133. The summed E-state index contributed by atoms with van der Waals surface area (Å²) >= 11 is 0. The van der Waals surface area contributed by atoms with Gasteiger partial charge in [0.25, 0.3) is 0 Å². The molecule has 0 spiro atoms. The van der Waals surface area contributed by atoms with E-state index in [1.165, 1.54) is 6.42 Å². The van der Waals surface area contributed by atoms with Gasteiger partial charge in [-0.2, -0.15) is 15.2 Å². The lowest BCUT2D eigenvalue weighted by Crippen LogP contribution is -2.26. The highest BCUT2D eigenvalue weighted by Gasteiger charge is 2.31. The largest absolute Gasteiger partial charge is 0.237 e. The van der Waals surface area contributed by atoms with Crippen molar-refractivity contribution in [3.05, 3.63) is 30.3 Å². The van der Waals surface area contributed by atoms with E-state index in [0.717, 1.165) is 31.4 Å². The van der Waals surface area contributed by atoms with Crippen LogP contribution in [0, 0.1) is 0 Å². The van der Waals surface area contributed by atoms with Gasteiger partial charge in [0.05, 0.1) is 5.69 Å². The molecule has 0 heterocycles. The number of nitrogens with zero attached hydrogens (tertiary/aromatic N) is 3. The second kappa shape index (κ2) is 5.51. The van der Waals surface area contributed by atoms with Gasteiger partial charge in [0.15, 0.2) is 5.66 Å². The van der Waals surface area contributed by atoms with Crippen molar-refractivity contribution in [2.75, 3.05) is 0 Å². The SMILES string of the molecule is O=C=NC1(N=Nc2ccccc2)CCCCC1. The summed E-state index contributed by atoms with van der Waals surface area (Å²) < 4.78 is 0. The number of carbonyl (C=O) groups excluding carboxylic acids is 1. The number of hydrogen-bond donors (Lipinski definition) is 0. The predicted molar refractivity (Wildman–Crippen MR) is 64.9 cm³/mol. The molecule has 0 amide bonds. The van der Waals surface area contributed by atoms with E-state index in [2.05, 4.69) is 15.2 Å². The number of benzene rings is 1. The maximum absolute atomic E-state index is 10.5.